The summed E-state index contributed by atoms with van der Waals surface area (Å²) in [4.78, 5) is 25.6. The Morgan fingerprint density at radius 1 is 1.23 bits per heavy atom. The van der Waals surface area contributed by atoms with Gasteiger partial charge in [-0.1, -0.05) is 6.07 Å². The van der Waals surface area contributed by atoms with Gasteiger partial charge in [-0.15, -0.1) is 0 Å². The lowest BCUT2D eigenvalue weighted by molar-refractivity contribution is 0.0995. The predicted octanol–water partition coefficient (Wildman–Crippen LogP) is 3.40. The number of ether oxygens (including phenoxy) is 2. The van der Waals surface area contributed by atoms with E-state index in [1.807, 2.05) is 24.3 Å². The highest BCUT2D eigenvalue weighted by atomic mass is 16.5. The molecule has 150 valence electrons. The van der Waals surface area contributed by atoms with E-state index in [4.69, 9.17) is 15.2 Å². The number of hydrogen-bond acceptors (Lipinski definition) is 6. The normalized spacial score (nSPS) is 14.0. The average Bonchev–Trinajstić information content (AvgIpc) is 3.26. The van der Waals surface area contributed by atoms with Gasteiger partial charge in [0.25, 0.3) is 5.91 Å². The average molecular weight is 400 g/mol. The lowest BCUT2D eigenvalue weighted by Crippen LogP contribution is -2.16. The Hall–Kier alpha value is -3.74. The van der Waals surface area contributed by atoms with Gasteiger partial charge in [-0.2, -0.15) is 0 Å². The fourth-order valence-corrected chi connectivity index (χ4v) is 3.90. The van der Waals surface area contributed by atoms with Gasteiger partial charge >= 0.3 is 0 Å². The standard InChI is InChI=1S/C23H20N4O3/c24-22(28)20-17-6-8-26-21(17)18(11-19(20)30-13-16-5-1-2-7-25-16)15-10-14-4-3-9-29-23(14)27-12-15/h1-2,5,7-8,10-12H,3-4,6,9,13H2,(H2,24,28). The number of nitrogens with two attached hydrogens (primary N) is 1. The van der Waals surface area contributed by atoms with E-state index in [-0.39, 0.29) is 6.61 Å². The van der Waals surface area contributed by atoms with E-state index >= 15 is 0 Å². The summed E-state index contributed by atoms with van der Waals surface area (Å²) in [6, 6.07) is 9.52. The molecular weight excluding hydrogens is 380 g/mol. The first-order valence-electron chi connectivity index (χ1n) is 9.87. The lowest BCUT2D eigenvalue weighted by atomic mass is 9.94. The number of carbonyl (C=O) groups excluding carboxylic acids is 1. The zero-order valence-corrected chi connectivity index (χ0v) is 16.3. The monoisotopic (exact) mass is 400 g/mol. The number of aromatic nitrogens is 2. The number of carbonyl (C=O) groups is 1. The highest BCUT2D eigenvalue weighted by Crippen LogP contribution is 2.43. The minimum absolute atomic E-state index is 0.233. The highest BCUT2D eigenvalue weighted by molar-refractivity contribution is 6.03. The molecule has 0 fully saturated rings. The SMILES string of the molecule is NC(=O)c1c(OCc2ccccn2)cc(-c2cnc3c(c2)CCCO3)c2c1CC=N2. The summed E-state index contributed by atoms with van der Waals surface area (Å²) in [6.07, 6.45) is 7.69. The van der Waals surface area contributed by atoms with Crippen molar-refractivity contribution in [3.05, 3.63) is 65.1 Å². The van der Waals surface area contributed by atoms with E-state index in [1.54, 1.807) is 18.6 Å². The van der Waals surface area contributed by atoms with Crippen LogP contribution >= 0.6 is 0 Å². The molecule has 4 heterocycles. The second-order valence-corrected chi connectivity index (χ2v) is 7.25. The Balaban J connectivity index is 1.60. The van der Waals surface area contributed by atoms with Gasteiger partial charge in [0.2, 0.25) is 5.88 Å². The Morgan fingerprint density at radius 2 is 2.17 bits per heavy atom. The number of pyridine rings is 2. The largest absolute Gasteiger partial charge is 0.486 e. The molecule has 0 saturated carbocycles. The van der Waals surface area contributed by atoms with E-state index in [9.17, 15) is 4.79 Å². The molecule has 0 aliphatic carbocycles. The zero-order chi connectivity index (χ0) is 20.5. The molecule has 2 aliphatic heterocycles. The summed E-state index contributed by atoms with van der Waals surface area (Å²) in [6.45, 7) is 0.925. The van der Waals surface area contributed by atoms with Gasteiger partial charge in [0.15, 0.2) is 0 Å². The number of rotatable bonds is 5. The minimum atomic E-state index is -0.531. The number of aryl methyl sites for hydroxylation is 1. The molecule has 2 N–H and O–H groups in total. The van der Waals surface area contributed by atoms with Gasteiger partial charge in [0.05, 0.1) is 23.6 Å². The first kappa shape index (κ1) is 18.3. The van der Waals surface area contributed by atoms with Crippen LogP contribution in [-0.4, -0.2) is 28.7 Å². The number of fused-ring (bicyclic) bond motifs is 2. The molecule has 0 spiro atoms. The van der Waals surface area contributed by atoms with E-state index in [2.05, 4.69) is 21.0 Å². The van der Waals surface area contributed by atoms with Crippen molar-refractivity contribution in [1.82, 2.24) is 9.97 Å². The molecular formula is C23H20N4O3. The van der Waals surface area contributed by atoms with E-state index < -0.39 is 5.91 Å². The third-order valence-corrected chi connectivity index (χ3v) is 5.29. The van der Waals surface area contributed by atoms with Crippen LogP contribution < -0.4 is 15.2 Å². The van der Waals surface area contributed by atoms with Crippen molar-refractivity contribution in [1.29, 1.82) is 0 Å². The maximum absolute atomic E-state index is 12.3. The summed E-state index contributed by atoms with van der Waals surface area (Å²) in [5, 5.41) is 0. The zero-order valence-electron chi connectivity index (χ0n) is 16.3. The van der Waals surface area contributed by atoms with Crippen molar-refractivity contribution >= 4 is 17.8 Å². The van der Waals surface area contributed by atoms with Crippen LogP contribution in [-0.2, 0) is 19.4 Å². The number of benzene rings is 1. The number of amides is 1. The van der Waals surface area contributed by atoms with Crippen molar-refractivity contribution in [2.75, 3.05) is 6.61 Å². The van der Waals surface area contributed by atoms with Crippen LogP contribution in [0.1, 0.15) is 33.6 Å². The summed E-state index contributed by atoms with van der Waals surface area (Å²) in [7, 11) is 0. The molecule has 0 saturated heterocycles. The van der Waals surface area contributed by atoms with E-state index in [0.29, 0.717) is 30.2 Å². The maximum atomic E-state index is 12.3. The number of nitrogens with zero attached hydrogens (tertiary/aromatic N) is 3. The number of hydrogen-bond donors (Lipinski definition) is 1. The second kappa shape index (κ2) is 7.59. The second-order valence-electron chi connectivity index (χ2n) is 7.25. The van der Waals surface area contributed by atoms with Gasteiger partial charge in [-0.05, 0) is 37.1 Å². The van der Waals surface area contributed by atoms with Gasteiger partial charge in [-0.3, -0.25) is 14.8 Å². The first-order chi connectivity index (χ1) is 14.7. The quantitative estimate of drug-likeness (QED) is 0.707. The summed E-state index contributed by atoms with van der Waals surface area (Å²) in [5.41, 5.74) is 11.2. The number of primary amides is 1. The third-order valence-electron chi connectivity index (χ3n) is 5.29. The molecule has 1 amide bonds. The van der Waals surface area contributed by atoms with Crippen LogP contribution in [0.3, 0.4) is 0 Å². The van der Waals surface area contributed by atoms with Gasteiger partial charge < -0.3 is 15.2 Å². The Bertz CT molecular complexity index is 1160. The van der Waals surface area contributed by atoms with E-state index in [1.165, 1.54) is 0 Å². The van der Waals surface area contributed by atoms with Crippen LogP contribution in [0.4, 0.5) is 5.69 Å². The van der Waals surface area contributed by atoms with Crippen molar-refractivity contribution in [2.24, 2.45) is 10.7 Å². The molecule has 30 heavy (non-hydrogen) atoms. The number of aliphatic imine (C=N–C) groups is 1. The molecule has 2 aromatic heterocycles. The topological polar surface area (TPSA) is 99.7 Å². The van der Waals surface area contributed by atoms with Crippen LogP contribution in [0.5, 0.6) is 11.6 Å². The minimum Gasteiger partial charge on any atom is -0.486 e. The van der Waals surface area contributed by atoms with Gasteiger partial charge in [0.1, 0.15) is 12.4 Å². The Morgan fingerprint density at radius 3 is 3.00 bits per heavy atom. The smallest absolute Gasteiger partial charge is 0.252 e. The summed E-state index contributed by atoms with van der Waals surface area (Å²) in [5.74, 6) is 0.586. The summed E-state index contributed by atoms with van der Waals surface area (Å²) >= 11 is 0. The molecule has 0 radical (unpaired) electrons. The van der Waals surface area contributed by atoms with Crippen molar-refractivity contribution in [2.45, 2.75) is 25.9 Å². The molecule has 7 heteroatoms. The molecule has 0 unspecified atom stereocenters. The molecule has 0 atom stereocenters. The van der Waals surface area contributed by atoms with Crippen LogP contribution in [0.15, 0.2) is 47.7 Å². The fraction of sp³-hybridized carbons (Fsp3) is 0.217. The van der Waals surface area contributed by atoms with Crippen molar-refractivity contribution in [3.8, 4) is 22.8 Å². The van der Waals surface area contributed by atoms with Gasteiger partial charge in [0, 0.05) is 47.3 Å². The van der Waals surface area contributed by atoms with Crippen LogP contribution in [0, 0.1) is 0 Å². The van der Waals surface area contributed by atoms with Crippen LogP contribution in [0.25, 0.3) is 11.1 Å². The molecule has 7 nitrogen and oxygen atoms in total. The molecule has 1 aromatic carbocycles. The molecule has 0 bridgehead atoms. The molecule has 3 aromatic rings. The predicted molar refractivity (Wildman–Crippen MR) is 112 cm³/mol. The van der Waals surface area contributed by atoms with Crippen molar-refractivity contribution < 1.29 is 14.3 Å². The first-order valence-corrected chi connectivity index (χ1v) is 9.87. The van der Waals surface area contributed by atoms with E-state index in [0.717, 1.165) is 46.5 Å². The Kier molecular flexibility index (Phi) is 4.63. The summed E-state index contributed by atoms with van der Waals surface area (Å²) < 4.78 is 11.7. The molecule has 2 aliphatic rings. The molecule has 5 rings (SSSR count). The van der Waals surface area contributed by atoms with Gasteiger partial charge in [-0.25, -0.2) is 4.98 Å². The maximum Gasteiger partial charge on any atom is 0.252 e. The third kappa shape index (κ3) is 3.28. The Labute approximate surface area is 173 Å². The van der Waals surface area contributed by atoms with Crippen molar-refractivity contribution in [3.63, 3.8) is 0 Å². The fourth-order valence-electron chi connectivity index (χ4n) is 3.90. The highest BCUT2D eigenvalue weighted by Gasteiger charge is 2.26. The lowest BCUT2D eigenvalue weighted by Gasteiger charge is -2.19. The van der Waals surface area contributed by atoms with Crippen LogP contribution in [0.2, 0.25) is 0 Å².